The van der Waals surface area contributed by atoms with Gasteiger partial charge in [-0.25, -0.2) is 4.39 Å². The number of amides is 1. The molecule has 2 aromatic carbocycles. The number of nitrogens with zero attached hydrogens (tertiary/aromatic N) is 1. The van der Waals surface area contributed by atoms with Gasteiger partial charge in [-0.05, 0) is 73.1 Å². The van der Waals surface area contributed by atoms with E-state index in [-0.39, 0.29) is 17.8 Å². The zero-order valence-electron chi connectivity index (χ0n) is 14.9. The Bertz CT molecular complexity index is 798. The summed E-state index contributed by atoms with van der Waals surface area (Å²) < 4.78 is 19.3. The van der Waals surface area contributed by atoms with Crippen molar-refractivity contribution in [2.45, 2.75) is 44.8 Å². The smallest absolute Gasteiger partial charge is 0.254 e. The molecule has 1 amide bonds. The van der Waals surface area contributed by atoms with Crippen LogP contribution in [0, 0.1) is 5.82 Å². The first-order chi connectivity index (χ1) is 12.7. The highest BCUT2D eigenvalue weighted by Gasteiger charge is 2.24. The van der Waals surface area contributed by atoms with Crippen molar-refractivity contribution in [3.63, 3.8) is 0 Å². The lowest BCUT2D eigenvalue weighted by atomic mass is 10.0. The van der Waals surface area contributed by atoms with Crippen LogP contribution in [-0.2, 0) is 24.1 Å². The first kappa shape index (κ1) is 17.2. The quantitative estimate of drug-likeness (QED) is 0.809. The third kappa shape index (κ3) is 3.80. The monoisotopic (exact) mass is 353 g/mol. The number of benzene rings is 2. The molecule has 1 aliphatic heterocycles. The van der Waals surface area contributed by atoms with E-state index >= 15 is 0 Å². The van der Waals surface area contributed by atoms with Gasteiger partial charge in [-0.15, -0.1) is 0 Å². The third-order valence-electron chi connectivity index (χ3n) is 5.34. The highest BCUT2D eigenvalue weighted by molar-refractivity contribution is 5.94. The average molecular weight is 353 g/mol. The molecule has 4 rings (SSSR count). The Morgan fingerprint density at radius 3 is 2.81 bits per heavy atom. The van der Waals surface area contributed by atoms with E-state index in [0.717, 1.165) is 49.8 Å². The second-order valence-electron chi connectivity index (χ2n) is 7.29. The number of fused-ring (bicyclic) bond motifs is 1. The summed E-state index contributed by atoms with van der Waals surface area (Å²) >= 11 is 0. The Morgan fingerprint density at radius 1 is 1.12 bits per heavy atom. The van der Waals surface area contributed by atoms with E-state index in [1.165, 1.54) is 23.3 Å². The van der Waals surface area contributed by atoms with Crippen LogP contribution in [0.25, 0.3) is 0 Å². The van der Waals surface area contributed by atoms with Crippen molar-refractivity contribution < 1.29 is 13.9 Å². The van der Waals surface area contributed by atoms with Crippen molar-refractivity contribution >= 4 is 5.91 Å². The fourth-order valence-corrected chi connectivity index (χ4v) is 4.00. The van der Waals surface area contributed by atoms with Crippen LogP contribution in [-0.4, -0.2) is 30.1 Å². The number of carbonyl (C=O) groups is 1. The number of aryl methyl sites for hydroxylation is 2. The van der Waals surface area contributed by atoms with Crippen molar-refractivity contribution in [1.29, 1.82) is 0 Å². The fraction of sp³-hybridized carbons (Fsp3) is 0.409. The largest absolute Gasteiger partial charge is 0.376 e. The molecule has 1 atom stereocenters. The summed E-state index contributed by atoms with van der Waals surface area (Å²) in [4.78, 5) is 15.0. The lowest BCUT2D eigenvalue weighted by Crippen LogP contribution is -2.37. The van der Waals surface area contributed by atoms with Gasteiger partial charge in [-0.1, -0.05) is 18.2 Å². The molecule has 4 heteroatoms. The first-order valence-electron chi connectivity index (χ1n) is 9.46. The van der Waals surface area contributed by atoms with Crippen molar-refractivity contribution in [3.05, 3.63) is 70.5 Å². The van der Waals surface area contributed by atoms with Gasteiger partial charge >= 0.3 is 0 Å². The van der Waals surface area contributed by atoms with Gasteiger partial charge < -0.3 is 9.64 Å². The minimum atomic E-state index is -0.274. The molecule has 2 aliphatic rings. The predicted molar refractivity (Wildman–Crippen MR) is 98.6 cm³/mol. The van der Waals surface area contributed by atoms with E-state index < -0.39 is 0 Å². The Kier molecular flexibility index (Phi) is 5.02. The number of carbonyl (C=O) groups excluding carboxylic acids is 1. The maximum absolute atomic E-state index is 13.6. The topological polar surface area (TPSA) is 29.5 Å². The molecule has 0 bridgehead atoms. The molecular weight excluding hydrogens is 329 g/mol. The summed E-state index contributed by atoms with van der Waals surface area (Å²) in [6.07, 6.45) is 5.39. The lowest BCUT2D eigenvalue weighted by molar-refractivity contribution is 0.0507. The lowest BCUT2D eigenvalue weighted by Gasteiger charge is -2.26. The first-order valence-corrected chi connectivity index (χ1v) is 9.46. The van der Waals surface area contributed by atoms with E-state index in [2.05, 4.69) is 6.07 Å². The molecule has 0 N–H and O–H groups in total. The summed E-state index contributed by atoms with van der Waals surface area (Å²) in [6.45, 7) is 1.70. The molecule has 136 valence electrons. The molecule has 2 aromatic rings. The summed E-state index contributed by atoms with van der Waals surface area (Å²) in [5.74, 6) is -0.274. The molecule has 0 unspecified atom stereocenters. The number of halogens is 1. The van der Waals surface area contributed by atoms with Gasteiger partial charge in [0.25, 0.3) is 5.91 Å². The van der Waals surface area contributed by atoms with E-state index in [1.54, 1.807) is 11.0 Å². The zero-order chi connectivity index (χ0) is 17.9. The van der Waals surface area contributed by atoms with Gasteiger partial charge in [-0.3, -0.25) is 4.79 Å². The number of hydrogen-bond acceptors (Lipinski definition) is 2. The number of ether oxygens (including phenoxy) is 1. The Hall–Kier alpha value is -2.20. The highest BCUT2D eigenvalue weighted by Crippen LogP contribution is 2.24. The molecule has 1 aliphatic carbocycles. The number of hydrogen-bond donors (Lipinski definition) is 0. The second kappa shape index (κ2) is 7.58. The molecular formula is C22H24FNO2. The minimum Gasteiger partial charge on any atom is -0.376 e. The maximum Gasteiger partial charge on any atom is 0.254 e. The molecule has 0 aromatic heterocycles. The van der Waals surface area contributed by atoms with Gasteiger partial charge in [0.15, 0.2) is 0 Å². The second-order valence-corrected chi connectivity index (χ2v) is 7.29. The van der Waals surface area contributed by atoms with Crippen molar-refractivity contribution in [3.8, 4) is 0 Å². The Labute approximate surface area is 153 Å². The summed E-state index contributed by atoms with van der Waals surface area (Å²) in [7, 11) is 0. The van der Waals surface area contributed by atoms with E-state index in [0.29, 0.717) is 13.1 Å². The zero-order valence-corrected chi connectivity index (χ0v) is 14.9. The van der Waals surface area contributed by atoms with Crippen LogP contribution in [0.15, 0.2) is 42.5 Å². The molecule has 0 spiro atoms. The van der Waals surface area contributed by atoms with Crippen LogP contribution in [0.4, 0.5) is 4.39 Å². The molecule has 0 radical (unpaired) electrons. The van der Waals surface area contributed by atoms with E-state index in [9.17, 15) is 9.18 Å². The molecule has 0 saturated carbocycles. The van der Waals surface area contributed by atoms with Gasteiger partial charge in [0, 0.05) is 25.3 Å². The van der Waals surface area contributed by atoms with Gasteiger partial charge in [0.1, 0.15) is 5.82 Å². The molecule has 1 fully saturated rings. The normalized spacial score (nSPS) is 18.7. The van der Waals surface area contributed by atoms with Crippen molar-refractivity contribution in [2.75, 3.05) is 13.2 Å². The van der Waals surface area contributed by atoms with Crippen molar-refractivity contribution in [2.24, 2.45) is 0 Å². The average Bonchev–Trinajstić information content (AvgIpc) is 3.31. The number of rotatable bonds is 5. The van der Waals surface area contributed by atoms with E-state index in [4.69, 9.17) is 4.74 Å². The molecule has 1 saturated heterocycles. The van der Waals surface area contributed by atoms with Crippen LogP contribution in [0.2, 0.25) is 0 Å². The molecule has 3 nitrogen and oxygen atoms in total. The van der Waals surface area contributed by atoms with Crippen LogP contribution < -0.4 is 0 Å². The van der Waals surface area contributed by atoms with Crippen molar-refractivity contribution in [1.82, 2.24) is 4.90 Å². The SMILES string of the molecule is O=C(c1ccc2c(c1)CCC2)N(Cc1cccc(F)c1)C[C@H]1CCCO1. The standard InChI is InChI=1S/C22H24FNO2/c23-20-7-1-4-16(12-20)14-24(15-21-8-3-11-26-21)22(25)19-10-9-17-5-2-6-18(17)13-19/h1,4,7,9-10,12-13,21H,2-3,5-6,8,11,14-15H2/t21-/m1/s1. The van der Waals surface area contributed by atoms with Crippen LogP contribution in [0.1, 0.15) is 46.3 Å². The van der Waals surface area contributed by atoms with Gasteiger partial charge in [0.2, 0.25) is 0 Å². The van der Waals surface area contributed by atoms with E-state index in [1.807, 2.05) is 18.2 Å². The fourth-order valence-electron chi connectivity index (χ4n) is 4.00. The van der Waals surface area contributed by atoms with Gasteiger partial charge in [-0.2, -0.15) is 0 Å². The summed E-state index contributed by atoms with van der Waals surface area (Å²) in [5, 5.41) is 0. The Balaban J connectivity index is 1.57. The van der Waals surface area contributed by atoms with Gasteiger partial charge in [0.05, 0.1) is 6.10 Å². The van der Waals surface area contributed by atoms with Crippen LogP contribution >= 0.6 is 0 Å². The predicted octanol–water partition coefficient (Wildman–Crippen LogP) is 4.14. The highest BCUT2D eigenvalue weighted by atomic mass is 19.1. The minimum absolute atomic E-state index is 0.000499. The third-order valence-corrected chi connectivity index (χ3v) is 5.34. The molecule has 1 heterocycles. The Morgan fingerprint density at radius 2 is 2.00 bits per heavy atom. The summed E-state index contributed by atoms with van der Waals surface area (Å²) in [6, 6.07) is 12.5. The van der Waals surface area contributed by atoms with Crippen LogP contribution in [0.5, 0.6) is 0 Å². The molecule has 26 heavy (non-hydrogen) atoms. The maximum atomic E-state index is 13.6. The summed E-state index contributed by atoms with van der Waals surface area (Å²) in [5.41, 5.74) is 4.17. The van der Waals surface area contributed by atoms with Crippen LogP contribution in [0.3, 0.4) is 0 Å².